The summed E-state index contributed by atoms with van der Waals surface area (Å²) in [7, 11) is 1.63. The minimum Gasteiger partial charge on any atom is -0.497 e. The minimum atomic E-state index is -0.545. The molecule has 0 aliphatic carbocycles. The highest BCUT2D eigenvalue weighted by atomic mass is 16.7. The first-order valence-corrected chi connectivity index (χ1v) is 8.63. The van der Waals surface area contributed by atoms with Crippen molar-refractivity contribution in [2.75, 3.05) is 33.4 Å². The summed E-state index contributed by atoms with van der Waals surface area (Å²) < 4.78 is 16.6. The molecule has 0 N–H and O–H groups in total. The SMILES string of the molecule is COc1ccc(C2=NO[C@@H](C(=O)N3CCC4(CC3)OCCO4)C2)cc1. The van der Waals surface area contributed by atoms with E-state index in [1.807, 2.05) is 29.2 Å². The van der Waals surface area contributed by atoms with Crippen molar-refractivity contribution in [3.63, 3.8) is 0 Å². The lowest BCUT2D eigenvalue weighted by atomic mass is 10.0. The van der Waals surface area contributed by atoms with E-state index in [0.29, 0.717) is 45.6 Å². The second-order valence-electron chi connectivity index (χ2n) is 6.50. The third kappa shape index (κ3) is 3.21. The Kier molecular flexibility index (Phi) is 4.35. The van der Waals surface area contributed by atoms with Crippen LogP contribution in [0.2, 0.25) is 0 Å². The van der Waals surface area contributed by atoms with Gasteiger partial charge in [0.25, 0.3) is 5.91 Å². The van der Waals surface area contributed by atoms with Crippen molar-refractivity contribution in [3.8, 4) is 5.75 Å². The van der Waals surface area contributed by atoms with Crippen LogP contribution in [-0.2, 0) is 19.1 Å². The Morgan fingerprint density at radius 1 is 1.20 bits per heavy atom. The van der Waals surface area contributed by atoms with E-state index in [0.717, 1.165) is 17.0 Å². The number of hydrogen-bond acceptors (Lipinski definition) is 6. The highest BCUT2D eigenvalue weighted by Gasteiger charge is 2.42. The van der Waals surface area contributed by atoms with E-state index in [2.05, 4.69) is 5.16 Å². The lowest BCUT2D eigenvalue weighted by Gasteiger charge is -2.38. The number of amides is 1. The molecule has 3 aliphatic rings. The monoisotopic (exact) mass is 346 g/mol. The van der Waals surface area contributed by atoms with E-state index in [1.54, 1.807) is 7.11 Å². The van der Waals surface area contributed by atoms with Crippen LogP contribution < -0.4 is 4.74 Å². The van der Waals surface area contributed by atoms with Crippen molar-refractivity contribution in [2.24, 2.45) is 5.16 Å². The van der Waals surface area contributed by atoms with Gasteiger partial charge in [0, 0.05) is 32.4 Å². The molecule has 1 atom stereocenters. The molecule has 0 aromatic heterocycles. The molecule has 3 heterocycles. The largest absolute Gasteiger partial charge is 0.497 e. The first kappa shape index (κ1) is 16.4. The van der Waals surface area contributed by atoms with Gasteiger partial charge in [-0.3, -0.25) is 4.79 Å². The van der Waals surface area contributed by atoms with Crippen LogP contribution in [0.3, 0.4) is 0 Å². The Bertz CT molecular complexity index is 657. The molecule has 0 unspecified atom stereocenters. The third-order valence-corrected chi connectivity index (χ3v) is 5.02. The zero-order valence-electron chi connectivity index (χ0n) is 14.3. The molecule has 1 spiro atoms. The first-order valence-electron chi connectivity index (χ1n) is 8.63. The summed E-state index contributed by atoms with van der Waals surface area (Å²) in [6.07, 6.45) is 1.35. The maximum atomic E-state index is 12.7. The fraction of sp³-hybridized carbons (Fsp3) is 0.556. The number of benzene rings is 1. The topological polar surface area (TPSA) is 69.6 Å². The third-order valence-electron chi connectivity index (χ3n) is 5.02. The Hall–Kier alpha value is -2.12. The number of piperidine rings is 1. The Morgan fingerprint density at radius 2 is 1.88 bits per heavy atom. The van der Waals surface area contributed by atoms with Gasteiger partial charge in [-0.25, -0.2) is 0 Å². The van der Waals surface area contributed by atoms with E-state index in [1.165, 1.54) is 0 Å². The number of carbonyl (C=O) groups is 1. The molecule has 7 heteroatoms. The van der Waals surface area contributed by atoms with E-state index >= 15 is 0 Å². The van der Waals surface area contributed by atoms with Crippen molar-refractivity contribution in [1.29, 1.82) is 0 Å². The molecule has 2 saturated heterocycles. The zero-order valence-corrected chi connectivity index (χ0v) is 14.3. The van der Waals surface area contributed by atoms with Crippen LogP contribution >= 0.6 is 0 Å². The molecule has 0 saturated carbocycles. The molecular weight excluding hydrogens is 324 g/mol. The lowest BCUT2D eigenvalue weighted by molar-refractivity contribution is -0.189. The number of oxime groups is 1. The molecule has 1 aromatic carbocycles. The predicted octanol–water partition coefficient (Wildman–Crippen LogP) is 1.55. The minimum absolute atomic E-state index is 0.0138. The van der Waals surface area contributed by atoms with Crippen LogP contribution in [0.5, 0.6) is 5.75 Å². The normalized spacial score (nSPS) is 24.9. The summed E-state index contributed by atoms with van der Waals surface area (Å²) in [5.41, 5.74) is 1.73. The fourth-order valence-electron chi connectivity index (χ4n) is 3.52. The zero-order chi connectivity index (χ0) is 17.3. The number of nitrogens with zero attached hydrogens (tertiary/aromatic N) is 2. The van der Waals surface area contributed by atoms with Crippen molar-refractivity contribution in [1.82, 2.24) is 4.90 Å². The summed E-state index contributed by atoms with van der Waals surface area (Å²) in [6, 6.07) is 7.60. The smallest absolute Gasteiger partial charge is 0.266 e. The highest BCUT2D eigenvalue weighted by Crippen LogP contribution is 2.32. The molecule has 0 radical (unpaired) electrons. The van der Waals surface area contributed by atoms with Crippen LogP contribution in [0.4, 0.5) is 0 Å². The number of rotatable bonds is 3. The van der Waals surface area contributed by atoms with Gasteiger partial charge in [-0.1, -0.05) is 5.16 Å². The van der Waals surface area contributed by atoms with E-state index < -0.39 is 11.9 Å². The average molecular weight is 346 g/mol. The van der Waals surface area contributed by atoms with Gasteiger partial charge in [-0.15, -0.1) is 0 Å². The van der Waals surface area contributed by atoms with Gasteiger partial charge >= 0.3 is 0 Å². The van der Waals surface area contributed by atoms with Crippen LogP contribution in [0, 0.1) is 0 Å². The van der Waals surface area contributed by atoms with Crippen LogP contribution in [0.1, 0.15) is 24.8 Å². The fourth-order valence-corrected chi connectivity index (χ4v) is 3.52. The van der Waals surface area contributed by atoms with Gasteiger partial charge in [0.15, 0.2) is 5.79 Å². The van der Waals surface area contributed by atoms with Crippen LogP contribution in [0.15, 0.2) is 29.4 Å². The predicted molar refractivity (Wildman–Crippen MR) is 89.5 cm³/mol. The van der Waals surface area contributed by atoms with E-state index in [-0.39, 0.29) is 5.91 Å². The second kappa shape index (κ2) is 6.65. The van der Waals surface area contributed by atoms with Gasteiger partial charge in [0.05, 0.1) is 26.0 Å². The molecule has 3 aliphatic heterocycles. The number of likely N-dealkylation sites (tertiary alicyclic amines) is 1. The van der Waals surface area contributed by atoms with Gasteiger partial charge in [-0.05, 0) is 29.8 Å². The van der Waals surface area contributed by atoms with Crippen molar-refractivity contribution in [3.05, 3.63) is 29.8 Å². The number of ether oxygens (including phenoxy) is 3. The first-order chi connectivity index (χ1) is 12.2. The van der Waals surface area contributed by atoms with Gasteiger partial charge in [0.1, 0.15) is 5.75 Å². The van der Waals surface area contributed by atoms with Crippen molar-refractivity contribution < 1.29 is 23.8 Å². The summed E-state index contributed by atoms with van der Waals surface area (Å²) in [5.74, 6) is 0.299. The molecular formula is C18H22N2O5. The summed E-state index contributed by atoms with van der Waals surface area (Å²) in [5, 5.41) is 4.11. The van der Waals surface area contributed by atoms with Crippen molar-refractivity contribution in [2.45, 2.75) is 31.2 Å². The molecule has 7 nitrogen and oxygen atoms in total. The summed E-state index contributed by atoms with van der Waals surface area (Å²) >= 11 is 0. The molecule has 1 amide bonds. The Morgan fingerprint density at radius 3 is 2.52 bits per heavy atom. The quantitative estimate of drug-likeness (QED) is 0.831. The van der Waals surface area contributed by atoms with Crippen LogP contribution in [0.25, 0.3) is 0 Å². The maximum absolute atomic E-state index is 12.7. The second-order valence-corrected chi connectivity index (χ2v) is 6.50. The standard InChI is InChI=1S/C18H22N2O5/c1-22-14-4-2-13(3-5-14)15-12-16(25-19-15)17(21)20-8-6-18(7-9-20)23-10-11-24-18/h2-5,16H,6-12H2,1H3/t16-/m1/s1. The molecule has 1 aromatic rings. The van der Waals surface area contributed by atoms with E-state index in [4.69, 9.17) is 19.0 Å². The van der Waals surface area contributed by atoms with Gasteiger partial charge in [-0.2, -0.15) is 0 Å². The summed E-state index contributed by atoms with van der Waals surface area (Å²) in [4.78, 5) is 19.9. The number of carbonyl (C=O) groups excluding carboxylic acids is 1. The van der Waals surface area contributed by atoms with Crippen LogP contribution in [-0.4, -0.2) is 61.8 Å². The maximum Gasteiger partial charge on any atom is 0.266 e. The molecule has 25 heavy (non-hydrogen) atoms. The molecule has 4 rings (SSSR count). The number of hydrogen-bond donors (Lipinski definition) is 0. The molecule has 0 bridgehead atoms. The Balaban J connectivity index is 1.33. The molecule has 134 valence electrons. The van der Waals surface area contributed by atoms with Gasteiger partial charge < -0.3 is 23.9 Å². The van der Waals surface area contributed by atoms with Crippen molar-refractivity contribution >= 4 is 11.6 Å². The Labute approximate surface area is 146 Å². The highest BCUT2D eigenvalue weighted by molar-refractivity contribution is 6.04. The number of methoxy groups -OCH3 is 1. The van der Waals surface area contributed by atoms with Gasteiger partial charge in [0.2, 0.25) is 6.10 Å². The summed E-state index contributed by atoms with van der Waals surface area (Å²) in [6.45, 7) is 2.52. The average Bonchev–Trinajstić information content (AvgIpc) is 3.32. The van der Waals surface area contributed by atoms with E-state index in [9.17, 15) is 4.79 Å². The molecule has 2 fully saturated rings. The lowest BCUT2D eigenvalue weighted by Crippen LogP contribution is -2.50.